The summed E-state index contributed by atoms with van der Waals surface area (Å²) < 4.78 is 4.86. The lowest BCUT2D eigenvalue weighted by molar-refractivity contribution is -0.151. The van der Waals surface area contributed by atoms with Gasteiger partial charge in [0.1, 0.15) is 0 Å². The summed E-state index contributed by atoms with van der Waals surface area (Å²) in [6, 6.07) is 0. The van der Waals surface area contributed by atoms with E-state index in [2.05, 4.69) is 0 Å². The number of esters is 1. The number of hydrogen-bond acceptors (Lipinski definition) is 4. The van der Waals surface area contributed by atoms with E-state index in [0.717, 1.165) is 6.42 Å². The van der Waals surface area contributed by atoms with Crippen LogP contribution in [0.25, 0.3) is 0 Å². The number of aliphatic hydroxyl groups excluding tert-OH is 2. The topological polar surface area (TPSA) is 66.8 Å². The molecular formula is C8H16O4. The van der Waals surface area contributed by atoms with Gasteiger partial charge in [0.25, 0.3) is 0 Å². The van der Waals surface area contributed by atoms with Crippen molar-refractivity contribution in [2.75, 3.05) is 6.61 Å². The van der Waals surface area contributed by atoms with Crippen molar-refractivity contribution in [3.05, 3.63) is 0 Å². The number of aliphatic hydroxyl groups is 2. The Kier molecular flexibility index (Phi) is 5.66. The van der Waals surface area contributed by atoms with Crippen LogP contribution in [0.3, 0.4) is 0 Å². The molecule has 0 saturated heterocycles. The van der Waals surface area contributed by atoms with Crippen molar-refractivity contribution in [2.45, 2.75) is 38.9 Å². The molecule has 0 fully saturated rings. The van der Waals surface area contributed by atoms with Crippen molar-refractivity contribution >= 4 is 5.97 Å². The van der Waals surface area contributed by atoms with E-state index in [1.165, 1.54) is 0 Å². The molecule has 0 spiro atoms. The Labute approximate surface area is 72.2 Å². The highest BCUT2D eigenvalue weighted by Crippen LogP contribution is 2.00. The quantitative estimate of drug-likeness (QED) is 0.582. The lowest BCUT2D eigenvalue weighted by atomic mass is 10.2. The van der Waals surface area contributed by atoms with Crippen LogP contribution < -0.4 is 0 Å². The standard InChI is InChI=1S/C8H16O4/c1-3-6(2)12-8(11)4-7(10)5-9/h6-7,9-10H,3-5H2,1-2H3. The maximum atomic E-state index is 10.9. The Hall–Kier alpha value is -0.610. The molecular weight excluding hydrogens is 160 g/mol. The summed E-state index contributed by atoms with van der Waals surface area (Å²) in [5.41, 5.74) is 0. The van der Waals surface area contributed by atoms with Crippen molar-refractivity contribution in [2.24, 2.45) is 0 Å². The van der Waals surface area contributed by atoms with Crippen LogP contribution >= 0.6 is 0 Å². The minimum Gasteiger partial charge on any atom is -0.463 e. The van der Waals surface area contributed by atoms with Gasteiger partial charge in [-0.25, -0.2) is 0 Å². The van der Waals surface area contributed by atoms with Crippen LogP contribution in [0.2, 0.25) is 0 Å². The summed E-state index contributed by atoms with van der Waals surface area (Å²) in [6.45, 7) is 3.28. The molecule has 0 aliphatic carbocycles. The molecule has 0 saturated carbocycles. The molecule has 0 aromatic carbocycles. The maximum absolute atomic E-state index is 10.9. The van der Waals surface area contributed by atoms with Crippen molar-refractivity contribution in [3.63, 3.8) is 0 Å². The molecule has 0 aliphatic rings. The number of carbonyl (C=O) groups excluding carboxylic acids is 1. The van der Waals surface area contributed by atoms with Crippen molar-refractivity contribution in [3.8, 4) is 0 Å². The van der Waals surface area contributed by atoms with Crippen LogP contribution in [0.15, 0.2) is 0 Å². The number of hydrogen-bond donors (Lipinski definition) is 2. The van der Waals surface area contributed by atoms with Crippen molar-refractivity contribution in [1.82, 2.24) is 0 Å². The molecule has 2 unspecified atom stereocenters. The Morgan fingerprint density at radius 2 is 2.17 bits per heavy atom. The van der Waals surface area contributed by atoms with E-state index in [9.17, 15) is 4.79 Å². The molecule has 0 aromatic rings. The zero-order valence-electron chi connectivity index (χ0n) is 7.49. The molecule has 0 radical (unpaired) electrons. The van der Waals surface area contributed by atoms with E-state index < -0.39 is 18.7 Å². The first kappa shape index (κ1) is 11.4. The first-order valence-corrected chi connectivity index (χ1v) is 4.08. The third kappa shape index (κ3) is 5.09. The van der Waals surface area contributed by atoms with Gasteiger partial charge in [0, 0.05) is 0 Å². The maximum Gasteiger partial charge on any atom is 0.308 e. The van der Waals surface area contributed by atoms with Gasteiger partial charge < -0.3 is 14.9 Å². The SMILES string of the molecule is CCC(C)OC(=O)CC(O)CO. The molecule has 2 N–H and O–H groups in total. The fourth-order valence-electron chi connectivity index (χ4n) is 0.613. The summed E-state index contributed by atoms with van der Waals surface area (Å²) in [4.78, 5) is 10.9. The van der Waals surface area contributed by atoms with Gasteiger partial charge in [-0.1, -0.05) is 6.92 Å². The molecule has 0 rings (SSSR count). The largest absolute Gasteiger partial charge is 0.463 e. The van der Waals surface area contributed by atoms with Crippen LogP contribution in [0.5, 0.6) is 0 Å². The average molecular weight is 176 g/mol. The predicted molar refractivity (Wildman–Crippen MR) is 43.6 cm³/mol. The van der Waals surface area contributed by atoms with Crippen LogP contribution in [0, 0.1) is 0 Å². The number of ether oxygens (including phenoxy) is 1. The van der Waals surface area contributed by atoms with Gasteiger partial charge in [0.15, 0.2) is 0 Å². The van der Waals surface area contributed by atoms with E-state index in [1.807, 2.05) is 6.92 Å². The lowest BCUT2D eigenvalue weighted by Gasteiger charge is -2.12. The lowest BCUT2D eigenvalue weighted by Crippen LogP contribution is -2.22. The Morgan fingerprint density at radius 1 is 1.58 bits per heavy atom. The van der Waals surface area contributed by atoms with E-state index >= 15 is 0 Å². The van der Waals surface area contributed by atoms with E-state index in [4.69, 9.17) is 14.9 Å². The van der Waals surface area contributed by atoms with Crippen LogP contribution in [0.4, 0.5) is 0 Å². The molecule has 0 bridgehead atoms. The van der Waals surface area contributed by atoms with E-state index in [-0.39, 0.29) is 12.5 Å². The summed E-state index contributed by atoms with van der Waals surface area (Å²) >= 11 is 0. The van der Waals surface area contributed by atoms with Gasteiger partial charge in [-0.2, -0.15) is 0 Å². The third-order valence-electron chi connectivity index (χ3n) is 1.52. The van der Waals surface area contributed by atoms with Gasteiger partial charge in [0.05, 0.1) is 25.2 Å². The zero-order valence-corrected chi connectivity index (χ0v) is 7.49. The number of carbonyl (C=O) groups is 1. The van der Waals surface area contributed by atoms with E-state index in [0.29, 0.717) is 0 Å². The van der Waals surface area contributed by atoms with Crippen molar-refractivity contribution in [1.29, 1.82) is 0 Å². The molecule has 4 nitrogen and oxygen atoms in total. The average Bonchev–Trinajstić information content (AvgIpc) is 2.03. The normalized spacial score (nSPS) is 15.3. The molecule has 0 aromatic heterocycles. The molecule has 0 amide bonds. The molecule has 4 heteroatoms. The predicted octanol–water partition coefficient (Wildman–Crippen LogP) is 0.0714. The van der Waals surface area contributed by atoms with Gasteiger partial charge in [0.2, 0.25) is 0 Å². The second kappa shape index (κ2) is 5.97. The highest BCUT2D eigenvalue weighted by Gasteiger charge is 2.12. The molecule has 0 aliphatic heterocycles. The van der Waals surface area contributed by atoms with Gasteiger partial charge in [-0.3, -0.25) is 4.79 Å². The summed E-state index contributed by atoms with van der Waals surface area (Å²) in [5, 5.41) is 17.3. The third-order valence-corrected chi connectivity index (χ3v) is 1.52. The smallest absolute Gasteiger partial charge is 0.308 e. The van der Waals surface area contributed by atoms with Crippen LogP contribution in [-0.4, -0.2) is 35.0 Å². The van der Waals surface area contributed by atoms with Gasteiger partial charge in [-0.05, 0) is 13.3 Å². The van der Waals surface area contributed by atoms with Crippen molar-refractivity contribution < 1.29 is 19.7 Å². The Morgan fingerprint density at radius 3 is 2.58 bits per heavy atom. The zero-order chi connectivity index (χ0) is 9.56. The number of rotatable bonds is 5. The Balaban J connectivity index is 3.59. The first-order valence-electron chi connectivity index (χ1n) is 4.08. The highest BCUT2D eigenvalue weighted by molar-refractivity contribution is 5.70. The summed E-state index contributed by atoms with van der Waals surface area (Å²) in [5.74, 6) is -0.467. The fourth-order valence-corrected chi connectivity index (χ4v) is 0.613. The Bertz CT molecular complexity index is 121. The first-order chi connectivity index (χ1) is 5.60. The second-order valence-corrected chi connectivity index (χ2v) is 2.75. The van der Waals surface area contributed by atoms with Crippen LogP contribution in [-0.2, 0) is 9.53 Å². The second-order valence-electron chi connectivity index (χ2n) is 2.75. The minimum absolute atomic E-state index is 0.122. The fraction of sp³-hybridized carbons (Fsp3) is 0.875. The minimum atomic E-state index is -0.999. The van der Waals surface area contributed by atoms with Gasteiger partial charge >= 0.3 is 5.97 Å². The molecule has 72 valence electrons. The monoisotopic (exact) mass is 176 g/mol. The summed E-state index contributed by atoms with van der Waals surface area (Å²) in [7, 11) is 0. The molecule has 0 heterocycles. The van der Waals surface area contributed by atoms with Crippen LogP contribution in [0.1, 0.15) is 26.7 Å². The highest BCUT2D eigenvalue weighted by atomic mass is 16.5. The molecule has 12 heavy (non-hydrogen) atoms. The summed E-state index contributed by atoms with van der Waals surface area (Å²) in [6.07, 6.45) is -0.508. The van der Waals surface area contributed by atoms with Gasteiger partial charge in [-0.15, -0.1) is 0 Å². The van der Waals surface area contributed by atoms with E-state index in [1.54, 1.807) is 6.92 Å². The molecule has 2 atom stereocenters.